The molecular formula is C3H15Cl3O6S3. The average Bonchev–Trinajstić information content (AvgIpc) is 1.54. The number of hydrogen-bond donors (Lipinski definition) is 3. The minimum absolute atomic E-state index is 0. The number of rotatable bonds is 0. The second-order valence-electron chi connectivity index (χ2n) is 1.32. The van der Waals surface area contributed by atoms with E-state index in [4.69, 9.17) is 25.3 Å². The molecule has 0 aliphatic carbocycles. The Balaban J connectivity index is -0.0000000184. The average molecular weight is 350 g/mol. The molecule has 0 amide bonds. The molecule has 6 nitrogen and oxygen atoms in total. The highest BCUT2D eigenvalue weighted by Gasteiger charge is 1.45. The third-order valence-corrected chi connectivity index (χ3v) is 0. The van der Waals surface area contributed by atoms with Gasteiger partial charge in [0.2, 0.25) is 0 Å². The Morgan fingerprint density at radius 2 is 0.467 bits per heavy atom. The quantitative estimate of drug-likeness (QED) is 0.482. The molecule has 0 saturated heterocycles. The molecule has 0 aliphatic rings. The highest BCUT2D eigenvalue weighted by molar-refractivity contribution is 7.71. The summed E-state index contributed by atoms with van der Waals surface area (Å²) in [7, 11) is -6.36. The summed E-state index contributed by atoms with van der Waals surface area (Å²) >= 11 is 0. The molecule has 15 heavy (non-hydrogen) atoms. The number of halogens is 3. The fourth-order valence-corrected chi connectivity index (χ4v) is 0. The molecule has 0 atom stereocenters. The van der Waals surface area contributed by atoms with Crippen LogP contribution in [-0.2, 0) is 32.1 Å². The minimum Gasteiger partial charge on any atom is -0.232 e. The van der Waals surface area contributed by atoms with E-state index in [2.05, 4.69) is 0 Å². The molecule has 0 radical (unpaired) electrons. The van der Waals surface area contributed by atoms with Gasteiger partial charge in [0.05, 0.1) is 0 Å². The Labute approximate surface area is 113 Å². The van der Waals surface area contributed by atoms with Crippen molar-refractivity contribution in [2.24, 2.45) is 0 Å². The van der Waals surface area contributed by atoms with Crippen LogP contribution < -0.4 is 0 Å². The Bertz CT molecular complexity index is 222. The molecule has 0 aromatic heterocycles. The van der Waals surface area contributed by atoms with E-state index in [-0.39, 0.29) is 37.2 Å². The Hall–Kier alpha value is 0.720. The fourth-order valence-electron chi connectivity index (χ4n) is 0. The van der Waals surface area contributed by atoms with E-state index in [1.165, 1.54) is 0 Å². The van der Waals surface area contributed by atoms with Crippen molar-refractivity contribution in [3.63, 3.8) is 0 Å². The third-order valence-electron chi connectivity index (χ3n) is 0. The lowest BCUT2D eigenvalue weighted by Crippen LogP contribution is -1.56. The normalized spacial score (nSPS) is 6.80. The molecule has 12 heteroatoms. The van der Waals surface area contributed by atoms with E-state index >= 15 is 0 Å². The van der Waals surface area contributed by atoms with Gasteiger partial charge in [-0.2, -0.15) is 0 Å². The Kier molecular flexibility index (Phi) is 70.5. The van der Waals surface area contributed by atoms with Crippen molar-refractivity contribution in [3.8, 4) is 0 Å². The van der Waals surface area contributed by atoms with E-state index in [0.717, 1.165) is 18.8 Å². The van der Waals surface area contributed by atoms with Crippen LogP contribution in [0.5, 0.6) is 0 Å². The Morgan fingerprint density at radius 3 is 0.467 bits per heavy atom. The zero-order valence-corrected chi connectivity index (χ0v) is 13.1. The predicted molar refractivity (Wildman–Crippen MR) is 70.5 cm³/mol. The monoisotopic (exact) mass is 348 g/mol. The topological polar surface area (TPSA) is 102 Å². The van der Waals surface area contributed by atoms with Crippen LogP contribution in [0.3, 0.4) is 0 Å². The lowest BCUT2D eigenvalue weighted by molar-refractivity contribution is 0.618. The van der Waals surface area contributed by atoms with Gasteiger partial charge in [-0.1, -0.05) is 0 Å². The lowest BCUT2D eigenvalue weighted by Gasteiger charge is -1.41. The molecule has 0 rings (SSSR count). The highest BCUT2D eigenvalue weighted by atomic mass is 35.5. The van der Waals surface area contributed by atoms with Crippen molar-refractivity contribution in [2.45, 2.75) is 0 Å². The maximum atomic E-state index is 9.04. The predicted octanol–water partition coefficient (Wildman–Crippen LogP) is -1.05. The summed E-state index contributed by atoms with van der Waals surface area (Å²) in [5, 5.41) is 0. The van der Waals surface area contributed by atoms with Crippen LogP contribution in [0.25, 0.3) is 0 Å². The van der Waals surface area contributed by atoms with Crippen molar-refractivity contribution in [3.05, 3.63) is 0 Å². The molecule has 0 heterocycles. The van der Waals surface area contributed by atoms with Crippen LogP contribution >= 0.6 is 37.2 Å². The first-order valence-corrected chi connectivity index (χ1v) is 7.31. The molecule has 0 saturated carbocycles. The van der Waals surface area contributed by atoms with Crippen LogP contribution in [0.2, 0.25) is 0 Å². The Morgan fingerprint density at radius 1 is 0.467 bits per heavy atom. The van der Waals surface area contributed by atoms with Gasteiger partial charge in [-0.05, 0) is 0 Å². The summed E-state index contributed by atoms with van der Waals surface area (Å²) < 4.78 is 54.2. The summed E-state index contributed by atoms with van der Waals surface area (Å²) in [4.78, 5) is 0. The maximum absolute atomic E-state index is 9.04. The van der Waals surface area contributed by atoms with E-state index in [1.54, 1.807) is 0 Å². The molecular weight excluding hydrogens is 335 g/mol. The largest absolute Gasteiger partial charge is 0.232 e. The SMILES string of the molecule is C[SH](=O)=O.C[SH](=O)=O.C[SH](=O)=O.Cl.Cl.Cl. The van der Waals surface area contributed by atoms with Gasteiger partial charge in [-0.3, -0.25) is 0 Å². The molecule has 102 valence electrons. The fraction of sp³-hybridized carbons (Fsp3) is 1.00. The van der Waals surface area contributed by atoms with Crippen molar-refractivity contribution in [1.82, 2.24) is 0 Å². The van der Waals surface area contributed by atoms with Gasteiger partial charge in [0.15, 0.2) is 0 Å². The molecule has 0 aromatic rings. The first-order valence-electron chi connectivity index (χ1n) is 2.44. The number of thiol groups is 3. The van der Waals surface area contributed by atoms with Crippen molar-refractivity contribution in [2.75, 3.05) is 18.8 Å². The molecule has 0 unspecified atom stereocenters. The zero-order chi connectivity index (χ0) is 10.7. The van der Waals surface area contributed by atoms with E-state index in [0.29, 0.717) is 0 Å². The molecule has 0 aliphatic heterocycles. The van der Waals surface area contributed by atoms with Gasteiger partial charge in [-0.25, -0.2) is 25.3 Å². The van der Waals surface area contributed by atoms with Crippen LogP contribution in [0, 0.1) is 0 Å². The van der Waals surface area contributed by atoms with Crippen LogP contribution in [-0.4, -0.2) is 44.0 Å². The molecule has 0 spiro atoms. The van der Waals surface area contributed by atoms with Gasteiger partial charge in [0.25, 0.3) is 0 Å². The van der Waals surface area contributed by atoms with Gasteiger partial charge >= 0.3 is 0 Å². The van der Waals surface area contributed by atoms with Crippen molar-refractivity contribution < 1.29 is 25.3 Å². The van der Waals surface area contributed by atoms with Crippen LogP contribution in [0.4, 0.5) is 0 Å². The van der Waals surface area contributed by atoms with E-state index in [1.807, 2.05) is 0 Å². The molecule has 0 bridgehead atoms. The highest BCUT2D eigenvalue weighted by Crippen LogP contribution is 1.29. The summed E-state index contributed by atoms with van der Waals surface area (Å²) in [6.45, 7) is 0. The van der Waals surface area contributed by atoms with Crippen molar-refractivity contribution >= 4 is 69.3 Å². The maximum Gasteiger partial charge on any atom is 0.137 e. The second-order valence-corrected chi connectivity index (χ2v) is 3.96. The molecule has 0 fully saturated rings. The summed E-state index contributed by atoms with van der Waals surface area (Å²) in [5.74, 6) is 0. The minimum atomic E-state index is -2.12. The molecule has 0 aromatic carbocycles. The second kappa shape index (κ2) is 29.3. The van der Waals surface area contributed by atoms with Gasteiger partial charge in [0, 0.05) is 18.8 Å². The van der Waals surface area contributed by atoms with Crippen molar-refractivity contribution in [1.29, 1.82) is 0 Å². The first-order chi connectivity index (χ1) is 5.20. The van der Waals surface area contributed by atoms with Gasteiger partial charge < -0.3 is 0 Å². The van der Waals surface area contributed by atoms with Gasteiger partial charge in [-0.15, -0.1) is 37.2 Å². The smallest absolute Gasteiger partial charge is 0.137 e. The molecule has 0 N–H and O–H groups in total. The zero-order valence-electron chi connectivity index (χ0n) is 8.02. The summed E-state index contributed by atoms with van der Waals surface area (Å²) in [6.07, 6.45) is 3.36. The van der Waals surface area contributed by atoms with Crippen LogP contribution in [0.1, 0.15) is 0 Å². The number of hydrogen-bond acceptors (Lipinski definition) is 6. The first kappa shape index (κ1) is 36.1. The third kappa shape index (κ3) is 4590. The van der Waals surface area contributed by atoms with E-state index < -0.39 is 32.1 Å². The lowest BCUT2D eigenvalue weighted by atomic mass is 12.0. The summed E-state index contributed by atoms with van der Waals surface area (Å²) in [6, 6.07) is 0. The summed E-state index contributed by atoms with van der Waals surface area (Å²) in [5.41, 5.74) is 0. The van der Waals surface area contributed by atoms with Crippen LogP contribution in [0.15, 0.2) is 0 Å². The van der Waals surface area contributed by atoms with Gasteiger partial charge in [0.1, 0.15) is 32.1 Å². The van der Waals surface area contributed by atoms with E-state index in [9.17, 15) is 0 Å². The standard InChI is InChI=1S/3CH4O2S.3ClH/c3*1-4(2)3;;;/h3*4H,1H3;3*1H.